The van der Waals surface area contributed by atoms with Crippen molar-refractivity contribution in [2.24, 2.45) is 0 Å². The van der Waals surface area contributed by atoms with Crippen molar-refractivity contribution in [1.82, 2.24) is 0 Å². The second-order valence-corrected chi connectivity index (χ2v) is 7.05. The SMILES string of the molecule is Cc1ccc(O)c(CC(=O)c2cccc(C(=O)Cc3cc(C)ccc3O)c2)c1. The van der Waals surface area contributed by atoms with Crippen molar-refractivity contribution in [2.45, 2.75) is 26.7 Å². The molecular weight excluding hydrogens is 352 g/mol. The van der Waals surface area contributed by atoms with Crippen molar-refractivity contribution < 1.29 is 19.8 Å². The van der Waals surface area contributed by atoms with Gasteiger partial charge in [0.05, 0.1) is 0 Å². The van der Waals surface area contributed by atoms with Crippen LogP contribution in [0.2, 0.25) is 0 Å². The molecule has 2 N–H and O–H groups in total. The van der Waals surface area contributed by atoms with Gasteiger partial charge in [-0.25, -0.2) is 0 Å². The molecule has 142 valence electrons. The van der Waals surface area contributed by atoms with E-state index in [4.69, 9.17) is 0 Å². The van der Waals surface area contributed by atoms with Crippen LogP contribution >= 0.6 is 0 Å². The number of phenolic OH excluding ortho intramolecular Hbond substituents is 2. The number of hydrogen-bond donors (Lipinski definition) is 2. The van der Waals surface area contributed by atoms with Gasteiger partial charge in [0.25, 0.3) is 0 Å². The van der Waals surface area contributed by atoms with Crippen LogP contribution in [0.15, 0.2) is 60.7 Å². The van der Waals surface area contributed by atoms with Gasteiger partial charge in [0.15, 0.2) is 11.6 Å². The summed E-state index contributed by atoms with van der Waals surface area (Å²) in [6, 6.07) is 16.8. The zero-order chi connectivity index (χ0) is 20.3. The van der Waals surface area contributed by atoms with E-state index >= 15 is 0 Å². The van der Waals surface area contributed by atoms with Gasteiger partial charge in [-0.1, -0.05) is 53.6 Å². The summed E-state index contributed by atoms with van der Waals surface area (Å²) in [5.74, 6) is -0.176. The van der Waals surface area contributed by atoms with Crippen LogP contribution in [-0.2, 0) is 12.8 Å². The highest BCUT2D eigenvalue weighted by Crippen LogP contribution is 2.22. The summed E-state index contributed by atoms with van der Waals surface area (Å²) in [5.41, 5.74) is 3.88. The van der Waals surface area contributed by atoms with E-state index in [-0.39, 0.29) is 35.9 Å². The van der Waals surface area contributed by atoms with Gasteiger partial charge in [0, 0.05) is 35.1 Å². The molecule has 0 saturated heterocycles. The lowest BCUT2D eigenvalue weighted by molar-refractivity contribution is 0.0991. The highest BCUT2D eigenvalue weighted by Gasteiger charge is 2.15. The van der Waals surface area contributed by atoms with Crippen LogP contribution < -0.4 is 0 Å². The molecule has 28 heavy (non-hydrogen) atoms. The fourth-order valence-electron chi connectivity index (χ4n) is 3.13. The summed E-state index contributed by atoms with van der Waals surface area (Å²) < 4.78 is 0. The smallest absolute Gasteiger partial charge is 0.167 e. The Kier molecular flexibility index (Phi) is 5.59. The van der Waals surface area contributed by atoms with E-state index < -0.39 is 0 Å². The summed E-state index contributed by atoms with van der Waals surface area (Å²) in [5, 5.41) is 19.9. The van der Waals surface area contributed by atoms with Gasteiger partial charge in [-0.2, -0.15) is 0 Å². The van der Waals surface area contributed by atoms with E-state index in [1.807, 2.05) is 13.8 Å². The fourth-order valence-corrected chi connectivity index (χ4v) is 3.13. The average molecular weight is 374 g/mol. The van der Waals surface area contributed by atoms with Gasteiger partial charge >= 0.3 is 0 Å². The van der Waals surface area contributed by atoms with E-state index in [2.05, 4.69) is 0 Å². The molecule has 0 bridgehead atoms. The monoisotopic (exact) mass is 374 g/mol. The van der Waals surface area contributed by atoms with Crippen molar-refractivity contribution in [3.8, 4) is 11.5 Å². The van der Waals surface area contributed by atoms with Crippen molar-refractivity contribution in [3.63, 3.8) is 0 Å². The second-order valence-electron chi connectivity index (χ2n) is 7.05. The number of carbonyl (C=O) groups excluding carboxylic acids is 2. The van der Waals surface area contributed by atoms with Gasteiger partial charge in [0.1, 0.15) is 11.5 Å². The van der Waals surface area contributed by atoms with Crippen LogP contribution in [0.1, 0.15) is 43.0 Å². The van der Waals surface area contributed by atoms with Gasteiger partial charge in [-0.15, -0.1) is 0 Å². The number of hydrogen-bond acceptors (Lipinski definition) is 4. The maximum absolute atomic E-state index is 12.6. The predicted octanol–water partition coefficient (Wildman–Crippen LogP) is 4.57. The Balaban J connectivity index is 1.79. The molecule has 3 aromatic carbocycles. The van der Waals surface area contributed by atoms with Crippen LogP contribution in [0.4, 0.5) is 0 Å². The molecule has 0 atom stereocenters. The zero-order valence-electron chi connectivity index (χ0n) is 15.9. The van der Waals surface area contributed by atoms with Gasteiger partial charge in [-0.3, -0.25) is 9.59 Å². The lowest BCUT2D eigenvalue weighted by Crippen LogP contribution is -2.08. The molecule has 0 aromatic heterocycles. The Labute approximate surface area is 164 Å². The first-order valence-corrected chi connectivity index (χ1v) is 9.07. The molecule has 3 rings (SSSR count). The normalized spacial score (nSPS) is 10.6. The minimum atomic E-state index is -0.172. The summed E-state index contributed by atoms with van der Waals surface area (Å²) in [6.07, 6.45) is 0.119. The number of phenols is 2. The van der Waals surface area contributed by atoms with Gasteiger partial charge in [-0.05, 0) is 32.0 Å². The van der Waals surface area contributed by atoms with Crippen LogP contribution in [0.25, 0.3) is 0 Å². The van der Waals surface area contributed by atoms with Gasteiger partial charge < -0.3 is 10.2 Å². The Morgan fingerprint density at radius 1 is 0.679 bits per heavy atom. The van der Waals surface area contributed by atoms with Crippen molar-refractivity contribution in [1.29, 1.82) is 0 Å². The minimum absolute atomic E-state index is 0.0594. The molecule has 3 aromatic rings. The van der Waals surface area contributed by atoms with Crippen LogP contribution in [0.3, 0.4) is 0 Å². The molecule has 0 heterocycles. The van der Waals surface area contributed by atoms with Crippen molar-refractivity contribution >= 4 is 11.6 Å². The van der Waals surface area contributed by atoms with Gasteiger partial charge in [0.2, 0.25) is 0 Å². The molecule has 0 fully saturated rings. The lowest BCUT2D eigenvalue weighted by Gasteiger charge is -2.08. The van der Waals surface area contributed by atoms with E-state index in [1.165, 1.54) is 0 Å². The number of benzene rings is 3. The number of aromatic hydroxyl groups is 2. The molecule has 4 nitrogen and oxygen atoms in total. The van der Waals surface area contributed by atoms with E-state index in [0.29, 0.717) is 22.3 Å². The summed E-state index contributed by atoms with van der Waals surface area (Å²) in [7, 11) is 0. The molecule has 0 saturated carbocycles. The Morgan fingerprint density at radius 3 is 1.54 bits per heavy atom. The first-order valence-electron chi connectivity index (χ1n) is 9.07. The first-order chi connectivity index (χ1) is 13.3. The van der Waals surface area contributed by atoms with Crippen LogP contribution in [0, 0.1) is 13.8 Å². The van der Waals surface area contributed by atoms with E-state index in [0.717, 1.165) is 11.1 Å². The topological polar surface area (TPSA) is 74.6 Å². The Hall–Kier alpha value is -3.40. The van der Waals surface area contributed by atoms with Crippen molar-refractivity contribution in [2.75, 3.05) is 0 Å². The van der Waals surface area contributed by atoms with E-state index in [9.17, 15) is 19.8 Å². The molecule has 0 spiro atoms. The number of carbonyl (C=O) groups is 2. The minimum Gasteiger partial charge on any atom is -0.508 e. The standard InChI is InChI=1S/C24H22O4/c1-15-6-8-21(25)19(10-15)13-23(27)17-4-3-5-18(12-17)24(28)14-20-11-16(2)7-9-22(20)26/h3-12,25-26H,13-14H2,1-2H3. The maximum atomic E-state index is 12.6. The van der Waals surface area contributed by atoms with Crippen molar-refractivity contribution in [3.05, 3.63) is 94.0 Å². The average Bonchev–Trinajstić information content (AvgIpc) is 2.67. The zero-order valence-corrected chi connectivity index (χ0v) is 15.9. The Bertz CT molecular complexity index is 969. The molecule has 0 aliphatic heterocycles. The third-order valence-corrected chi connectivity index (χ3v) is 4.68. The summed E-state index contributed by atoms with van der Waals surface area (Å²) in [4.78, 5) is 25.3. The van der Waals surface area contributed by atoms with Crippen LogP contribution in [-0.4, -0.2) is 21.8 Å². The molecule has 0 aliphatic carbocycles. The predicted molar refractivity (Wildman–Crippen MR) is 108 cm³/mol. The molecule has 0 unspecified atom stereocenters. The van der Waals surface area contributed by atoms with Crippen LogP contribution in [0.5, 0.6) is 11.5 Å². The quantitative estimate of drug-likeness (QED) is 0.620. The summed E-state index contributed by atoms with van der Waals surface area (Å²) in [6.45, 7) is 3.79. The largest absolute Gasteiger partial charge is 0.508 e. The maximum Gasteiger partial charge on any atom is 0.167 e. The highest BCUT2D eigenvalue weighted by atomic mass is 16.3. The third kappa shape index (κ3) is 4.46. The number of ketones is 2. The molecule has 0 amide bonds. The Morgan fingerprint density at radius 2 is 1.11 bits per heavy atom. The third-order valence-electron chi connectivity index (χ3n) is 4.68. The number of Topliss-reactive ketones (excluding diaryl/α,β-unsaturated/α-hetero) is 2. The second kappa shape index (κ2) is 8.09. The first kappa shape index (κ1) is 19.4. The lowest BCUT2D eigenvalue weighted by atomic mass is 9.96. The molecule has 0 radical (unpaired) electrons. The fraction of sp³-hybridized carbons (Fsp3) is 0.167. The molecule has 0 aliphatic rings. The molecule has 4 heteroatoms. The highest BCUT2D eigenvalue weighted by molar-refractivity contribution is 6.03. The number of aryl methyl sites for hydroxylation is 2. The summed E-state index contributed by atoms with van der Waals surface area (Å²) >= 11 is 0. The van der Waals surface area contributed by atoms with E-state index in [1.54, 1.807) is 60.7 Å². The molecular formula is C24H22O4. The number of rotatable bonds is 6.